The van der Waals surface area contributed by atoms with Gasteiger partial charge in [0.05, 0.1) is 28.4 Å². The first-order valence-corrected chi connectivity index (χ1v) is 16.4. The highest BCUT2D eigenvalue weighted by Crippen LogP contribution is 2.56. The topological polar surface area (TPSA) is 36.9 Å². The Morgan fingerprint density at radius 3 is 1.32 bits per heavy atom. The van der Waals surface area contributed by atoms with Crippen LogP contribution in [0.3, 0.4) is 0 Å². The van der Waals surface area contributed by atoms with Gasteiger partial charge in [-0.05, 0) is 51.8 Å². The third kappa shape index (κ3) is 5.78. The Labute approximate surface area is 246 Å². The van der Waals surface area contributed by atoms with Crippen molar-refractivity contribution in [2.24, 2.45) is 0 Å². The van der Waals surface area contributed by atoms with Crippen molar-refractivity contribution in [3.63, 3.8) is 0 Å². The van der Waals surface area contributed by atoms with E-state index in [-0.39, 0.29) is 5.66 Å². The van der Waals surface area contributed by atoms with Crippen molar-refractivity contribution < 1.29 is 18.9 Å². The van der Waals surface area contributed by atoms with Crippen LogP contribution in [0.2, 0.25) is 0 Å². The van der Waals surface area contributed by atoms with Crippen LogP contribution in [0.4, 0.5) is 0 Å². The second-order valence-electron chi connectivity index (χ2n) is 9.59. The molecule has 0 saturated heterocycles. The lowest BCUT2D eigenvalue weighted by atomic mass is 10.2. The molecule has 0 N–H and O–H groups in total. The van der Waals surface area contributed by atoms with Gasteiger partial charge in [-0.1, -0.05) is 97.4 Å². The Balaban J connectivity index is 1.75. The summed E-state index contributed by atoms with van der Waals surface area (Å²) in [4.78, 5) is 0. The zero-order valence-electron chi connectivity index (χ0n) is 24.2. The predicted octanol–water partition coefficient (Wildman–Crippen LogP) is 6.89. The van der Waals surface area contributed by atoms with Crippen molar-refractivity contribution in [1.82, 2.24) is 0 Å². The van der Waals surface area contributed by atoms with E-state index in [0.717, 1.165) is 29.4 Å². The van der Waals surface area contributed by atoms with Crippen molar-refractivity contribution in [2.75, 3.05) is 28.4 Å². The normalized spacial score (nSPS) is 13.5. The van der Waals surface area contributed by atoms with Crippen LogP contribution in [-0.2, 0) is 0 Å². The molecule has 1 aliphatic rings. The van der Waals surface area contributed by atoms with E-state index in [4.69, 9.17) is 18.9 Å². The van der Waals surface area contributed by atoms with Crippen LogP contribution in [0.5, 0.6) is 23.0 Å². The quantitative estimate of drug-likeness (QED) is 0.181. The SMILES string of the molecule is COc1ccccc1P(C1=C([C@@H](C)P(c2ccccc2OC)c2ccccc2OC)CC=C1)c1ccccc1OC. The highest BCUT2D eigenvalue weighted by Gasteiger charge is 2.34. The maximum atomic E-state index is 5.92. The lowest BCUT2D eigenvalue weighted by Crippen LogP contribution is -2.24. The van der Waals surface area contributed by atoms with Crippen LogP contribution >= 0.6 is 15.8 Å². The summed E-state index contributed by atoms with van der Waals surface area (Å²) in [6.07, 6.45) is 5.52. The van der Waals surface area contributed by atoms with Crippen LogP contribution in [-0.4, -0.2) is 34.1 Å². The third-order valence-corrected chi connectivity index (χ3v) is 12.9. The fraction of sp³-hybridized carbons (Fsp3) is 0.200. The first-order valence-electron chi connectivity index (χ1n) is 13.6. The zero-order chi connectivity index (χ0) is 28.8. The van der Waals surface area contributed by atoms with E-state index < -0.39 is 15.8 Å². The number of hydrogen-bond acceptors (Lipinski definition) is 4. The smallest absolute Gasteiger partial charge is 0.127 e. The Bertz CT molecular complexity index is 1470. The second-order valence-corrected chi connectivity index (χ2v) is 14.2. The summed E-state index contributed by atoms with van der Waals surface area (Å²) >= 11 is 0. The Morgan fingerprint density at radius 1 is 0.537 bits per heavy atom. The number of para-hydroxylation sites is 4. The summed E-state index contributed by atoms with van der Waals surface area (Å²) in [5.41, 5.74) is 1.63. The molecular weight excluding hydrogens is 546 g/mol. The van der Waals surface area contributed by atoms with Crippen molar-refractivity contribution in [2.45, 2.75) is 19.0 Å². The molecule has 0 saturated carbocycles. The summed E-state index contributed by atoms with van der Waals surface area (Å²) in [7, 11) is 5.15. The summed E-state index contributed by atoms with van der Waals surface area (Å²) in [6.45, 7) is 2.37. The molecule has 1 atom stereocenters. The average molecular weight is 583 g/mol. The highest BCUT2D eigenvalue weighted by molar-refractivity contribution is 7.77. The molecule has 0 aliphatic heterocycles. The molecule has 4 aromatic rings. The molecule has 0 aromatic heterocycles. The molecule has 4 aromatic carbocycles. The van der Waals surface area contributed by atoms with Crippen molar-refractivity contribution in [3.8, 4) is 23.0 Å². The number of methoxy groups -OCH3 is 4. The van der Waals surface area contributed by atoms with Crippen LogP contribution < -0.4 is 40.2 Å². The lowest BCUT2D eigenvalue weighted by Gasteiger charge is -2.32. The van der Waals surface area contributed by atoms with Crippen molar-refractivity contribution in [3.05, 3.63) is 120 Å². The monoisotopic (exact) mass is 582 g/mol. The van der Waals surface area contributed by atoms with E-state index in [1.807, 2.05) is 24.3 Å². The molecule has 0 heterocycles. The molecule has 41 heavy (non-hydrogen) atoms. The molecule has 0 radical (unpaired) electrons. The molecule has 5 rings (SSSR count). The van der Waals surface area contributed by atoms with Crippen LogP contribution in [0.15, 0.2) is 120 Å². The molecule has 4 nitrogen and oxygen atoms in total. The van der Waals surface area contributed by atoms with Crippen LogP contribution in [0.25, 0.3) is 0 Å². The summed E-state index contributed by atoms with van der Waals surface area (Å²) in [5.74, 6) is 3.59. The summed E-state index contributed by atoms with van der Waals surface area (Å²) in [6, 6.07) is 33.6. The van der Waals surface area contributed by atoms with E-state index in [1.165, 1.54) is 32.1 Å². The minimum absolute atomic E-state index is 0.206. The van der Waals surface area contributed by atoms with Crippen LogP contribution in [0.1, 0.15) is 13.3 Å². The standard InChI is InChI=1S/C35H36O4P2/c1-25(40(32-20-10-6-16-27(32)36-2)33-21-11-7-17-28(33)37-3)26-15-14-24-31(26)41(34-22-12-8-18-29(34)38-4)35-23-13-9-19-30(35)39-5/h6-14,16-25H,15H2,1-5H3/t25-/m1/s1. The van der Waals surface area contributed by atoms with Gasteiger partial charge in [0.15, 0.2) is 0 Å². The van der Waals surface area contributed by atoms with E-state index in [2.05, 4.69) is 91.9 Å². The minimum atomic E-state index is -0.971. The predicted molar refractivity (Wildman–Crippen MR) is 175 cm³/mol. The zero-order valence-corrected chi connectivity index (χ0v) is 26.0. The van der Waals surface area contributed by atoms with E-state index in [0.29, 0.717) is 0 Å². The Morgan fingerprint density at radius 2 is 0.902 bits per heavy atom. The van der Waals surface area contributed by atoms with Gasteiger partial charge >= 0.3 is 0 Å². The fourth-order valence-corrected chi connectivity index (χ4v) is 11.4. The van der Waals surface area contributed by atoms with Gasteiger partial charge in [0.2, 0.25) is 0 Å². The van der Waals surface area contributed by atoms with E-state index in [1.54, 1.807) is 28.4 Å². The Hall–Kier alpha value is -3.58. The number of hydrogen-bond donors (Lipinski definition) is 0. The van der Waals surface area contributed by atoms with Crippen molar-refractivity contribution >= 4 is 37.1 Å². The van der Waals surface area contributed by atoms with Gasteiger partial charge in [-0.25, -0.2) is 0 Å². The summed E-state index contributed by atoms with van der Waals surface area (Å²) < 4.78 is 23.7. The molecule has 0 spiro atoms. The lowest BCUT2D eigenvalue weighted by molar-refractivity contribution is 0.417. The summed E-state index contributed by atoms with van der Waals surface area (Å²) in [5, 5.41) is 6.12. The number of benzene rings is 4. The number of allylic oxidation sites excluding steroid dienone is 4. The largest absolute Gasteiger partial charge is 0.496 e. The molecule has 1 aliphatic carbocycles. The molecule has 0 amide bonds. The maximum absolute atomic E-state index is 5.92. The van der Waals surface area contributed by atoms with Gasteiger partial charge in [-0.2, -0.15) is 0 Å². The van der Waals surface area contributed by atoms with Gasteiger partial charge in [0.1, 0.15) is 23.0 Å². The van der Waals surface area contributed by atoms with Gasteiger partial charge < -0.3 is 18.9 Å². The number of ether oxygens (including phenoxy) is 4. The molecular formula is C35H36O4P2. The molecule has 6 heteroatoms. The highest BCUT2D eigenvalue weighted by atomic mass is 31.1. The molecule has 0 unspecified atom stereocenters. The van der Waals surface area contributed by atoms with Crippen LogP contribution in [0, 0.1) is 0 Å². The van der Waals surface area contributed by atoms with Gasteiger partial charge in [-0.15, -0.1) is 0 Å². The second kappa shape index (κ2) is 13.4. The molecule has 0 bridgehead atoms. The van der Waals surface area contributed by atoms with E-state index in [9.17, 15) is 0 Å². The first kappa shape index (κ1) is 28.9. The maximum Gasteiger partial charge on any atom is 0.127 e. The first-order chi connectivity index (χ1) is 20.1. The molecule has 210 valence electrons. The van der Waals surface area contributed by atoms with Gasteiger partial charge in [0, 0.05) is 26.9 Å². The van der Waals surface area contributed by atoms with Crippen molar-refractivity contribution in [1.29, 1.82) is 0 Å². The van der Waals surface area contributed by atoms with Gasteiger partial charge in [0.25, 0.3) is 0 Å². The molecule has 0 fully saturated rings. The van der Waals surface area contributed by atoms with Gasteiger partial charge in [-0.3, -0.25) is 0 Å². The average Bonchev–Trinajstić information content (AvgIpc) is 3.52. The fourth-order valence-electron chi connectivity index (χ4n) is 5.49. The minimum Gasteiger partial charge on any atom is -0.496 e. The van der Waals surface area contributed by atoms with E-state index >= 15 is 0 Å². The Kier molecular flexibility index (Phi) is 9.45. The number of rotatable bonds is 11. The third-order valence-electron chi connectivity index (χ3n) is 7.42.